The molecule has 1 rings (SSSR count). The van der Waals surface area contributed by atoms with Crippen molar-refractivity contribution in [2.75, 3.05) is 5.75 Å². The Hall–Kier alpha value is -1.35. The number of hydrogen-bond acceptors (Lipinski definition) is 5. The third-order valence-corrected chi connectivity index (χ3v) is 4.43. The molecule has 19 heavy (non-hydrogen) atoms. The Labute approximate surface area is 114 Å². The molecular formula is C13H20N2O3S. The molecular weight excluding hydrogens is 264 g/mol. The average Bonchev–Trinajstić information content (AvgIpc) is 2.74. The molecule has 0 fully saturated rings. The van der Waals surface area contributed by atoms with E-state index in [1.54, 1.807) is 13.8 Å². The molecule has 0 N–H and O–H groups in total. The molecule has 5 nitrogen and oxygen atoms in total. The van der Waals surface area contributed by atoms with Gasteiger partial charge in [-0.3, -0.25) is 0 Å². The predicted molar refractivity (Wildman–Crippen MR) is 72.1 cm³/mol. The summed E-state index contributed by atoms with van der Waals surface area (Å²) < 4.78 is 29.3. The van der Waals surface area contributed by atoms with Gasteiger partial charge in [0.05, 0.1) is 28.7 Å². The van der Waals surface area contributed by atoms with E-state index in [1.807, 2.05) is 13.8 Å². The van der Waals surface area contributed by atoms with Gasteiger partial charge in [-0.05, 0) is 20.3 Å². The van der Waals surface area contributed by atoms with Crippen molar-refractivity contribution in [3.8, 4) is 6.07 Å². The third-order valence-electron chi connectivity index (χ3n) is 2.89. The number of hydrogen-bond donors (Lipinski definition) is 0. The molecule has 6 heteroatoms. The van der Waals surface area contributed by atoms with E-state index >= 15 is 0 Å². The second-order valence-corrected chi connectivity index (χ2v) is 7.84. The van der Waals surface area contributed by atoms with Crippen LogP contribution in [0.5, 0.6) is 0 Å². The molecule has 0 amide bonds. The predicted octanol–water partition coefficient (Wildman–Crippen LogP) is 2.65. The minimum Gasteiger partial charge on any atom is -0.448 e. The number of nitriles is 1. The fraction of sp³-hybridized carbons (Fsp3) is 0.692. The van der Waals surface area contributed by atoms with Crippen molar-refractivity contribution in [3.63, 3.8) is 0 Å². The maximum atomic E-state index is 12.0. The standard InChI is InChI=1S/C13H20N2O3S/c1-10(2)12-11(15-9-18-12)7-19(16,17)6-5-13(3,4)8-14/h9-10H,5-7H2,1-4H3. The van der Waals surface area contributed by atoms with Crippen LogP contribution in [-0.4, -0.2) is 19.2 Å². The molecule has 0 aliphatic carbocycles. The molecule has 0 aliphatic heterocycles. The van der Waals surface area contributed by atoms with Gasteiger partial charge in [-0.15, -0.1) is 0 Å². The van der Waals surface area contributed by atoms with Crippen LogP contribution in [0.3, 0.4) is 0 Å². The molecule has 0 bridgehead atoms. The minimum atomic E-state index is -3.28. The van der Waals surface area contributed by atoms with Gasteiger partial charge in [0.2, 0.25) is 0 Å². The largest absolute Gasteiger partial charge is 0.448 e. The Balaban J connectivity index is 2.76. The number of rotatable bonds is 6. The highest BCUT2D eigenvalue weighted by Crippen LogP contribution is 2.23. The summed E-state index contributed by atoms with van der Waals surface area (Å²) in [6, 6.07) is 2.10. The first-order valence-electron chi connectivity index (χ1n) is 6.21. The highest BCUT2D eigenvalue weighted by molar-refractivity contribution is 7.90. The van der Waals surface area contributed by atoms with Gasteiger partial charge in [0.1, 0.15) is 5.76 Å². The zero-order valence-electron chi connectivity index (χ0n) is 11.8. The first kappa shape index (κ1) is 15.7. The quantitative estimate of drug-likeness (QED) is 0.801. The van der Waals surface area contributed by atoms with Crippen LogP contribution >= 0.6 is 0 Å². The van der Waals surface area contributed by atoms with Crippen LogP contribution < -0.4 is 0 Å². The zero-order chi connectivity index (χ0) is 14.7. The summed E-state index contributed by atoms with van der Waals surface area (Å²) in [7, 11) is -3.28. The smallest absolute Gasteiger partial charge is 0.181 e. The fourth-order valence-electron chi connectivity index (χ4n) is 1.60. The van der Waals surface area contributed by atoms with E-state index in [1.165, 1.54) is 6.39 Å². The van der Waals surface area contributed by atoms with Crippen molar-refractivity contribution in [1.82, 2.24) is 4.98 Å². The first-order valence-corrected chi connectivity index (χ1v) is 8.03. The molecule has 106 valence electrons. The van der Waals surface area contributed by atoms with Crippen molar-refractivity contribution < 1.29 is 12.8 Å². The molecule has 1 aromatic heterocycles. The van der Waals surface area contributed by atoms with Crippen molar-refractivity contribution in [1.29, 1.82) is 5.26 Å². The summed E-state index contributed by atoms with van der Waals surface area (Å²) in [5, 5.41) is 8.89. The molecule has 0 atom stereocenters. The molecule has 1 heterocycles. The Morgan fingerprint density at radius 2 is 2.11 bits per heavy atom. The average molecular weight is 284 g/mol. The molecule has 0 aliphatic rings. The van der Waals surface area contributed by atoms with Crippen LogP contribution in [0.25, 0.3) is 0 Å². The van der Waals surface area contributed by atoms with Gasteiger partial charge < -0.3 is 4.42 Å². The van der Waals surface area contributed by atoms with Gasteiger partial charge >= 0.3 is 0 Å². The van der Waals surface area contributed by atoms with Crippen LogP contribution in [0, 0.1) is 16.7 Å². The first-order chi connectivity index (χ1) is 8.67. The Kier molecular flexibility index (Phi) is 4.75. The summed E-state index contributed by atoms with van der Waals surface area (Å²) in [6.07, 6.45) is 1.60. The molecule has 1 aromatic rings. The van der Waals surface area contributed by atoms with Gasteiger partial charge in [-0.1, -0.05) is 13.8 Å². The highest BCUT2D eigenvalue weighted by Gasteiger charge is 2.24. The Morgan fingerprint density at radius 3 is 2.63 bits per heavy atom. The monoisotopic (exact) mass is 284 g/mol. The van der Waals surface area contributed by atoms with Crippen LogP contribution in [0.1, 0.15) is 51.5 Å². The maximum Gasteiger partial charge on any atom is 0.181 e. The molecule has 0 saturated heterocycles. The van der Waals surface area contributed by atoms with Crippen LogP contribution in [0.15, 0.2) is 10.8 Å². The Morgan fingerprint density at radius 1 is 1.47 bits per heavy atom. The Bertz CT molecular complexity index is 565. The lowest BCUT2D eigenvalue weighted by molar-refractivity contribution is 0.472. The molecule has 0 radical (unpaired) electrons. The number of aromatic nitrogens is 1. The van der Waals surface area contributed by atoms with E-state index in [9.17, 15) is 8.42 Å². The molecule has 0 unspecified atom stereocenters. The summed E-state index contributed by atoms with van der Waals surface area (Å²) in [4.78, 5) is 3.98. The molecule has 0 saturated carbocycles. The second kappa shape index (κ2) is 5.74. The second-order valence-electron chi connectivity index (χ2n) is 5.66. The lowest BCUT2D eigenvalue weighted by Crippen LogP contribution is -2.18. The number of sulfone groups is 1. The van der Waals surface area contributed by atoms with E-state index in [0.29, 0.717) is 17.9 Å². The lowest BCUT2D eigenvalue weighted by Gasteiger charge is -2.14. The van der Waals surface area contributed by atoms with E-state index in [0.717, 1.165) is 0 Å². The van der Waals surface area contributed by atoms with Gasteiger partial charge in [0.15, 0.2) is 16.2 Å². The fourth-order valence-corrected chi connectivity index (χ4v) is 3.20. The van der Waals surface area contributed by atoms with E-state index in [4.69, 9.17) is 9.68 Å². The van der Waals surface area contributed by atoms with Gasteiger partial charge in [-0.25, -0.2) is 13.4 Å². The van der Waals surface area contributed by atoms with E-state index < -0.39 is 15.3 Å². The summed E-state index contributed by atoms with van der Waals surface area (Å²) in [5.41, 5.74) is -0.151. The van der Waals surface area contributed by atoms with Gasteiger partial charge in [0, 0.05) is 5.92 Å². The highest BCUT2D eigenvalue weighted by atomic mass is 32.2. The third kappa shape index (κ3) is 4.67. The summed E-state index contributed by atoms with van der Waals surface area (Å²) in [6.45, 7) is 7.32. The van der Waals surface area contributed by atoms with Gasteiger partial charge in [-0.2, -0.15) is 5.26 Å². The summed E-state index contributed by atoms with van der Waals surface area (Å²) in [5.74, 6) is 0.572. The van der Waals surface area contributed by atoms with Gasteiger partial charge in [0.25, 0.3) is 0 Å². The minimum absolute atomic E-state index is 0.0159. The molecule has 0 spiro atoms. The van der Waals surface area contributed by atoms with E-state index in [2.05, 4.69) is 11.1 Å². The van der Waals surface area contributed by atoms with Crippen LogP contribution in [0.2, 0.25) is 0 Å². The normalized spacial score (nSPS) is 12.6. The van der Waals surface area contributed by atoms with Crippen LogP contribution in [-0.2, 0) is 15.6 Å². The van der Waals surface area contributed by atoms with Crippen molar-refractivity contribution in [2.45, 2.75) is 45.8 Å². The van der Waals surface area contributed by atoms with Crippen molar-refractivity contribution in [2.24, 2.45) is 5.41 Å². The number of oxazole rings is 1. The van der Waals surface area contributed by atoms with Crippen LogP contribution in [0.4, 0.5) is 0 Å². The molecule has 0 aromatic carbocycles. The van der Waals surface area contributed by atoms with Crippen molar-refractivity contribution in [3.05, 3.63) is 17.8 Å². The SMILES string of the molecule is CC(C)c1ocnc1CS(=O)(=O)CCC(C)(C)C#N. The number of nitrogens with zero attached hydrogens (tertiary/aromatic N) is 2. The zero-order valence-corrected chi connectivity index (χ0v) is 12.6. The van der Waals surface area contributed by atoms with Crippen molar-refractivity contribution >= 4 is 9.84 Å². The maximum absolute atomic E-state index is 12.0. The lowest BCUT2D eigenvalue weighted by atomic mass is 9.93. The van der Waals surface area contributed by atoms with E-state index in [-0.39, 0.29) is 17.4 Å². The summed E-state index contributed by atoms with van der Waals surface area (Å²) >= 11 is 0. The topological polar surface area (TPSA) is 84.0 Å².